The predicted octanol–water partition coefficient (Wildman–Crippen LogP) is 1.54. The highest BCUT2D eigenvalue weighted by atomic mass is 19.1. The van der Waals surface area contributed by atoms with E-state index in [1.54, 1.807) is 6.07 Å². The summed E-state index contributed by atoms with van der Waals surface area (Å²) in [6.45, 7) is 4.67. The molecule has 1 fully saturated rings. The molecule has 0 bridgehead atoms. The van der Waals surface area contributed by atoms with Crippen molar-refractivity contribution in [3.63, 3.8) is 0 Å². The van der Waals surface area contributed by atoms with Crippen LogP contribution in [0, 0.1) is 17.1 Å². The monoisotopic (exact) mass is 233 g/mol. The molecule has 0 aromatic heterocycles. The van der Waals surface area contributed by atoms with Gasteiger partial charge in [-0.3, -0.25) is 0 Å². The predicted molar refractivity (Wildman–Crippen MR) is 63.8 cm³/mol. The maximum atomic E-state index is 13.2. The zero-order valence-corrected chi connectivity index (χ0v) is 9.89. The van der Waals surface area contributed by atoms with E-state index in [-0.39, 0.29) is 11.4 Å². The van der Waals surface area contributed by atoms with Crippen LogP contribution in [0.25, 0.3) is 0 Å². The third kappa shape index (κ3) is 3.02. The van der Waals surface area contributed by atoms with Crippen LogP contribution in [-0.4, -0.2) is 18.6 Å². The van der Waals surface area contributed by atoms with Gasteiger partial charge >= 0.3 is 0 Å². The molecular weight excluding hydrogens is 217 g/mol. The Bertz CT molecular complexity index is 444. The summed E-state index contributed by atoms with van der Waals surface area (Å²) in [5, 5.41) is 15.5. The molecule has 1 unspecified atom stereocenters. The second kappa shape index (κ2) is 4.82. The lowest BCUT2D eigenvalue weighted by Crippen LogP contribution is -2.43. The van der Waals surface area contributed by atoms with Gasteiger partial charge in [0.05, 0.1) is 11.6 Å². The molecule has 1 saturated heterocycles. The maximum absolute atomic E-state index is 13.2. The third-order valence-corrected chi connectivity index (χ3v) is 3.17. The second-order valence-corrected chi connectivity index (χ2v) is 4.80. The number of halogens is 1. The van der Waals surface area contributed by atoms with Gasteiger partial charge in [-0.1, -0.05) is 0 Å². The van der Waals surface area contributed by atoms with Gasteiger partial charge in [-0.05, 0) is 43.7 Å². The molecular formula is C13H16FN3. The largest absolute Gasteiger partial charge is 0.315 e. The first kappa shape index (κ1) is 12.0. The molecule has 1 aliphatic heterocycles. The molecule has 1 aromatic carbocycles. The second-order valence-electron chi connectivity index (χ2n) is 4.80. The smallest absolute Gasteiger partial charge is 0.124 e. The van der Waals surface area contributed by atoms with Crippen molar-refractivity contribution in [2.75, 3.05) is 13.1 Å². The highest BCUT2D eigenvalue weighted by Crippen LogP contribution is 2.15. The first-order chi connectivity index (χ1) is 8.11. The first-order valence-corrected chi connectivity index (χ1v) is 5.77. The molecule has 17 heavy (non-hydrogen) atoms. The highest BCUT2D eigenvalue weighted by molar-refractivity contribution is 5.33. The highest BCUT2D eigenvalue weighted by Gasteiger charge is 2.27. The average Bonchev–Trinajstić information content (AvgIpc) is 2.73. The van der Waals surface area contributed by atoms with Crippen LogP contribution in [0.4, 0.5) is 4.39 Å². The Kier molecular flexibility index (Phi) is 3.41. The Morgan fingerprint density at radius 3 is 3.00 bits per heavy atom. The van der Waals surface area contributed by atoms with E-state index in [1.807, 2.05) is 6.07 Å². The van der Waals surface area contributed by atoms with Crippen molar-refractivity contribution >= 4 is 0 Å². The summed E-state index contributed by atoms with van der Waals surface area (Å²) in [5.74, 6) is -0.351. The molecule has 2 N–H and O–H groups in total. The topological polar surface area (TPSA) is 47.9 Å². The normalized spacial score (nSPS) is 23.6. The molecule has 1 aliphatic rings. The number of hydrogen-bond acceptors (Lipinski definition) is 3. The summed E-state index contributed by atoms with van der Waals surface area (Å²) in [6, 6.07) is 6.41. The number of hydrogen-bond donors (Lipinski definition) is 2. The SMILES string of the molecule is CC1(NCc2cc(F)cc(C#N)c2)CCNC1. The molecule has 0 saturated carbocycles. The summed E-state index contributed by atoms with van der Waals surface area (Å²) in [6.07, 6.45) is 1.06. The molecule has 4 heteroatoms. The Labute approximate surface area is 101 Å². The summed E-state index contributed by atoms with van der Waals surface area (Å²) in [7, 11) is 0. The molecule has 1 aromatic rings. The fraction of sp³-hybridized carbons (Fsp3) is 0.462. The van der Waals surface area contributed by atoms with Crippen molar-refractivity contribution in [2.45, 2.75) is 25.4 Å². The van der Waals surface area contributed by atoms with Crippen molar-refractivity contribution in [2.24, 2.45) is 0 Å². The fourth-order valence-electron chi connectivity index (χ4n) is 2.10. The van der Waals surface area contributed by atoms with E-state index >= 15 is 0 Å². The van der Waals surface area contributed by atoms with E-state index in [4.69, 9.17) is 5.26 Å². The Morgan fingerprint density at radius 2 is 2.35 bits per heavy atom. The van der Waals surface area contributed by atoms with Crippen LogP contribution in [0.15, 0.2) is 18.2 Å². The van der Waals surface area contributed by atoms with Crippen molar-refractivity contribution in [1.82, 2.24) is 10.6 Å². The molecule has 90 valence electrons. The number of rotatable bonds is 3. The first-order valence-electron chi connectivity index (χ1n) is 5.77. The van der Waals surface area contributed by atoms with Crippen LogP contribution in [0.5, 0.6) is 0 Å². The van der Waals surface area contributed by atoms with Gasteiger partial charge in [-0.25, -0.2) is 4.39 Å². The van der Waals surface area contributed by atoms with Gasteiger partial charge in [0.25, 0.3) is 0 Å². The lowest BCUT2D eigenvalue weighted by atomic mass is 10.0. The Balaban J connectivity index is 2.04. The van der Waals surface area contributed by atoms with Crippen molar-refractivity contribution in [3.05, 3.63) is 35.1 Å². The minimum absolute atomic E-state index is 0.0686. The van der Waals surface area contributed by atoms with E-state index < -0.39 is 0 Å². The summed E-state index contributed by atoms with van der Waals surface area (Å²) < 4.78 is 13.2. The average molecular weight is 233 g/mol. The molecule has 1 atom stereocenters. The van der Waals surface area contributed by atoms with E-state index in [0.717, 1.165) is 25.1 Å². The lowest BCUT2D eigenvalue weighted by Gasteiger charge is -2.24. The summed E-state index contributed by atoms with van der Waals surface area (Å²) in [4.78, 5) is 0. The quantitative estimate of drug-likeness (QED) is 0.832. The maximum Gasteiger partial charge on any atom is 0.124 e. The molecule has 0 spiro atoms. The number of nitriles is 1. The van der Waals surface area contributed by atoms with Gasteiger partial charge in [0.15, 0.2) is 0 Å². The van der Waals surface area contributed by atoms with E-state index in [1.165, 1.54) is 12.1 Å². The van der Waals surface area contributed by atoms with Crippen LogP contribution in [-0.2, 0) is 6.54 Å². The minimum atomic E-state index is -0.351. The van der Waals surface area contributed by atoms with Crippen molar-refractivity contribution < 1.29 is 4.39 Å². The van der Waals surface area contributed by atoms with Crippen LogP contribution < -0.4 is 10.6 Å². The number of nitrogens with one attached hydrogen (secondary N) is 2. The van der Waals surface area contributed by atoms with Crippen LogP contribution in [0.3, 0.4) is 0 Å². The Morgan fingerprint density at radius 1 is 1.53 bits per heavy atom. The van der Waals surface area contributed by atoms with Gasteiger partial charge in [0, 0.05) is 18.6 Å². The zero-order valence-electron chi connectivity index (χ0n) is 9.89. The lowest BCUT2D eigenvalue weighted by molar-refractivity contribution is 0.385. The third-order valence-electron chi connectivity index (χ3n) is 3.17. The number of benzene rings is 1. The van der Waals surface area contributed by atoms with E-state index in [2.05, 4.69) is 17.6 Å². The summed E-state index contributed by atoms with van der Waals surface area (Å²) in [5.41, 5.74) is 1.25. The Hall–Kier alpha value is -1.44. The fourth-order valence-corrected chi connectivity index (χ4v) is 2.10. The van der Waals surface area contributed by atoms with E-state index in [0.29, 0.717) is 12.1 Å². The molecule has 0 amide bonds. The van der Waals surface area contributed by atoms with Crippen LogP contribution in [0.1, 0.15) is 24.5 Å². The molecule has 0 radical (unpaired) electrons. The molecule has 3 nitrogen and oxygen atoms in total. The van der Waals surface area contributed by atoms with Crippen LogP contribution >= 0.6 is 0 Å². The summed E-state index contributed by atoms with van der Waals surface area (Å²) >= 11 is 0. The molecule has 1 heterocycles. The molecule has 2 rings (SSSR count). The van der Waals surface area contributed by atoms with Gasteiger partial charge in [-0.15, -0.1) is 0 Å². The van der Waals surface area contributed by atoms with Gasteiger partial charge in [0.1, 0.15) is 5.82 Å². The zero-order chi connectivity index (χ0) is 12.3. The van der Waals surface area contributed by atoms with Gasteiger partial charge in [0.2, 0.25) is 0 Å². The standard InChI is InChI=1S/C13H16FN3/c1-13(2-3-16-9-13)17-8-11-4-10(7-15)5-12(14)6-11/h4-6,16-17H,2-3,8-9H2,1H3. The van der Waals surface area contributed by atoms with Crippen molar-refractivity contribution in [3.8, 4) is 6.07 Å². The van der Waals surface area contributed by atoms with Crippen molar-refractivity contribution in [1.29, 1.82) is 5.26 Å². The van der Waals surface area contributed by atoms with Gasteiger partial charge in [-0.2, -0.15) is 5.26 Å². The van der Waals surface area contributed by atoms with E-state index in [9.17, 15) is 4.39 Å². The minimum Gasteiger partial charge on any atom is -0.315 e. The van der Waals surface area contributed by atoms with Gasteiger partial charge < -0.3 is 10.6 Å². The van der Waals surface area contributed by atoms with Crippen LogP contribution in [0.2, 0.25) is 0 Å². The molecule has 0 aliphatic carbocycles. The number of nitrogens with zero attached hydrogens (tertiary/aromatic N) is 1.